The first-order chi connectivity index (χ1) is 27.6. The van der Waals surface area contributed by atoms with Crippen LogP contribution in [0.2, 0.25) is 0 Å². The van der Waals surface area contributed by atoms with Gasteiger partial charge in [0.1, 0.15) is 0 Å². The molecular formula is C51H29N5. The lowest BCUT2D eigenvalue weighted by Gasteiger charge is -2.16. The van der Waals surface area contributed by atoms with Crippen LogP contribution in [0.15, 0.2) is 176 Å². The summed E-state index contributed by atoms with van der Waals surface area (Å²) in [6, 6.07) is 67.0. The van der Waals surface area contributed by atoms with Crippen LogP contribution in [-0.4, -0.2) is 9.13 Å². The summed E-state index contributed by atoms with van der Waals surface area (Å²) in [6.07, 6.45) is 0. The highest BCUT2D eigenvalue weighted by Gasteiger charge is 2.20. The van der Waals surface area contributed by atoms with E-state index < -0.39 is 0 Å². The lowest BCUT2D eigenvalue weighted by atomic mass is 9.95. The number of rotatable bonds is 5. The maximum atomic E-state index is 10.2. The van der Waals surface area contributed by atoms with Crippen molar-refractivity contribution in [1.29, 1.82) is 15.8 Å². The number of para-hydroxylation sites is 3. The molecule has 0 unspecified atom stereocenters. The molecule has 0 N–H and O–H groups in total. The van der Waals surface area contributed by atoms with Gasteiger partial charge in [-0.2, -0.15) is 15.8 Å². The van der Waals surface area contributed by atoms with Gasteiger partial charge in [0.15, 0.2) is 0 Å². The van der Waals surface area contributed by atoms with Gasteiger partial charge >= 0.3 is 0 Å². The number of nitriles is 3. The zero-order valence-corrected chi connectivity index (χ0v) is 30.0. The van der Waals surface area contributed by atoms with Crippen molar-refractivity contribution in [2.45, 2.75) is 0 Å². The van der Waals surface area contributed by atoms with Crippen LogP contribution in [0.3, 0.4) is 0 Å². The maximum Gasteiger partial charge on any atom is 0.0998 e. The van der Waals surface area contributed by atoms with E-state index in [0.29, 0.717) is 22.3 Å². The van der Waals surface area contributed by atoms with Crippen molar-refractivity contribution in [2.24, 2.45) is 0 Å². The van der Waals surface area contributed by atoms with E-state index in [1.54, 1.807) is 18.2 Å². The van der Waals surface area contributed by atoms with Gasteiger partial charge in [0, 0.05) is 38.4 Å². The first-order valence-corrected chi connectivity index (χ1v) is 18.4. The van der Waals surface area contributed by atoms with E-state index in [2.05, 4.69) is 155 Å². The average molecular weight is 712 g/mol. The number of hydrogen-bond acceptors (Lipinski definition) is 3. The van der Waals surface area contributed by atoms with Crippen LogP contribution in [0.1, 0.15) is 16.7 Å². The molecule has 10 aromatic rings. The van der Waals surface area contributed by atoms with Crippen LogP contribution in [0, 0.1) is 34.0 Å². The fraction of sp³-hybridized carbons (Fsp3) is 0. The van der Waals surface area contributed by atoms with Crippen LogP contribution in [-0.2, 0) is 0 Å². The first kappa shape index (κ1) is 32.5. The molecule has 258 valence electrons. The molecule has 56 heavy (non-hydrogen) atoms. The highest BCUT2D eigenvalue weighted by atomic mass is 15.0. The van der Waals surface area contributed by atoms with Crippen molar-refractivity contribution in [3.05, 3.63) is 193 Å². The van der Waals surface area contributed by atoms with Gasteiger partial charge in [-0.05, 0) is 101 Å². The maximum absolute atomic E-state index is 10.2. The molecule has 0 aliphatic heterocycles. The molecule has 10 rings (SSSR count). The molecule has 0 bridgehead atoms. The monoisotopic (exact) mass is 711 g/mol. The Morgan fingerprint density at radius 3 is 1.55 bits per heavy atom. The van der Waals surface area contributed by atoms with E-state index in [1.165, 1.54) is 10.8 Å². The fourth-order valence-electron chi connectivity index (χ4n) is 8.27. The van der Waals surface area contributed by atoms with Crippen LogP contribution >= 0.6 is 0 Å². The molecule has 0 saturated carbocycles. The van der Waals surface area contributed by atoms with Crippen LogP contribution in [0.4, 0.5) is 0 Å². The Bertz CT molecular complexity index is 3290. The third-order valence-corrected chi connectivity index (χ3v) is 10.8. The molecular weight excluding hydrogens is 683 g/mol. The van der Waals surface area contributed by atoms with Crippen LogP contribution in [0.5, 0.6) is 0 Å². The minimum atomic E-state index is 0.376. The minimum Gasteiger partial charge on any atom is -0.309 e. The Morgan fingerprint density at radius 1 is 0.339 bits per heavy atom. The van der Waals surface area contributed by atoms with Gasteiger partial charge in [0.2, 0.25) is 0 Å². The van der Waals surface area contributed by atoms with E-state index in [1.807, 2.05) is 30.3 Å². The van der Waals surface area contributed by atoms with Gasteiger partial charge in [0.25, 0.3) is 0 Å². The summed E-state index contributed by atoms with van der Waals surface area (Å²) in [5, 5.41) is 34.3. The Balaban J connectivity index is 1.22. The van der Waals surface area contributed by atoms with Gasteiger partial charge < -0.3 is 9.13 Å². The topological polar surface area (TPSA) is 81.2 Å². The summed E-state index contributed by atoms with van der Waals surface area (Å²) in [5.74, 6) is 0. The first-order valence-electron chi connectivity index (χ1n) is 18.4. The molecule has 0 aliphatic carbocycles. The van der Waals surface area contributed by atoms with Crippen LogP contribution < -0.4 is 0 Å². The zero-order valence-electron chi connectivity index (χ0n) is 30.0. The van der Waals surface area contributed by atoms with E-state index in [9.17, 15) is 15.8 Å². The SMILES string of the molecule is N#Cc1ccc(-c2cc(C#N)ccc2-n2c3ccccc3c3cc(-c4cc(-c5ccccc5)cc(-n5c6ccccc6c6ccccc65)c4)ccc32)c(C#N)c1. The van der Waals surface area contributed by atoms with Crippen LogP contribution in [0.25, 0.3) is 88.4 Å². The molecule has 0 saturated heterocycles. The third-order valence-electron chi connectivity index (χ3n) is 10.8. The van der Waals surface area contributed by atoms with E-state index in [0.717, 1.165) is 72.0 Å². The molecule has 2 aromatic heterocycles. The van der Waals surface area contributed by atoms with E-state index in [4.69, 9.17) is 0 Å². The molecule has 5 heteroatoms. The average Bonchev–Trinajstić information content (AvgIpc) is 3.78. The van der Waals surface area contributed by atoms with Gasteiger partial charge in [-0.25, -0.2) is 0 Å². The summed E-state index contributed by atoms with van der Waals surface area (Å²) in [5.41, 5.74) is 13.3. The Morgan fingerprint density at radius 2 is 0.893 bits per heavy atom. The fourth-order valence-corrected chi connectivity index (χ4v) is 8.27. The smallest absolute Gasteiger partial charge is 0.0998 e. The molecule has 0 aliphatic rings. The summed E-state index contributed by atoms with van der Waals surface area (Å²) in [6.45, 7) is 0. The molecule has 8 aromatic carbocycles. The lowest BCUT2D eigenvalue weighted by molar-refractivity contribution is 1.18. The quantitative estimate of drug-likeness (QED) is 0.178. The predicted molar refractivity (Wildman–Crippen MR) is 226 cm³/mol. The highest BCUT2D eigenvalue weighted by Crippen LogP contribution is 2.41. The molecule has 0 radical (unpaired) electrons. The van der Waals surface area contributed by atoms with Crippen molar-refractivity contribution in [3.63, 3.8) is 0 Å². The van der Waals surface area contributed by atoms with Gasteiger partial charge in [-0.15, -0.1) is 0 Å². The number of aromatic nitrogens is 2. The van der Waals surface area contributed by atoms with E-state index in [-0.39, 0.29) is 0 Å². The zero-order chi connectivity index (χ0) is 37.8. The van der Waals surface area contributed by atoms with E-state index >= 15 is 0 Å². The standard InChI is InChI=1S/C51H29N5/c52-30-33-18-21-41(39(24-33)32-54)45-25-34(31-53)19-22-50(45)56-49-17-9-6-14-44(49)46-29-36(20-23-51(46)56)38-26-37(35-10-2-1-3-11-35)27-40(28-38)55-47-15-7-4-12-42(47)43-13-5-8-16-48(43)55/h1-29H. The van der Waals surface area contributed by atoms with Crippen molar-refractivity contribution in [1.82, 2.24) is 9.13 Å². The predicted octanol–water partition coefficient (Wildman–Crippen LogP) is 12.5. The summed E-state index contributed by atoms with van der Waals surface area (Å²) in [4.78, 5) is 0. The van der Waals surface area contributed by atoms with Crippen molar-refractivity contribution >= 4 is 43.6 Å². The third kappa shape index (κ3) is 5.14. The lowest BCUT2D eigenvalue weighted by Crippen LogP contribution is -1.99. The second-order valence-electron chi connectivity index (χ2n) is 13.9. The minimum absolute atomic E-state index is 0.376. The number of hydrogen-bond donors (Lipinski definition) is 0. The molecule has 0 fully saturated rings. The van der Waals surface area contributed by atoms with Gasteiger partial charge in [-0.3, -0.25) is 0 Å². The summed E-state index contributed by atoms with van der Waals surface area (Å²) < 4.78 is 4.59. The molecule has 0 amide bonds. The van der Waals surface area contributed by atoms with Gasteiger partial charge in [0.05, 0.1) is 62.7 Å². The highest BCUT2D eigenvalue weighted by molar-refractivity contribution is 6.12. The van der Waals surface area contributed by atoms with Gasteiger partial charge in [-0.1, -0.05) is 97.1 Å². The molecule has 0 spiro atoms. The Hall–Kier alpha value is -8.17. The number of fused-ring (bicyclic) bond motifs is 6. The molecule has 0 atom stereocenters. The molecule has 2 heterocycles. The summed E-state index contributed by atoms with van der Waals surface area (Å²) in [7, 11) is 0. The second-order valence-corrected chi connectivity index (χ2v) is 13.9. The largest absolute Gasteiger partial charge is 0.309 e. The number of benzene rings is 8. The van der Waals surface area contributed by atoms with Crippen molar-refractivity contribution in [3.8, 4) is 63.0 Å². The summed E-state index contributed by atoms with van der Waals surface area (Å²) >= 11 is 0. The second kappa shape index (κ2) is 13.0. The van der Waals surface area contributed by atoms with Crippen molar-refractivity contribution in [2.75, 3.05) is 0 Å². The molecule has 5 nitrogen and oxygen atoms in total. The Labute approximate surface area is 323 Å². The Kier molecular flexibility index (Phi) is 7.57. The normalized spacial score (nSPS) is 11.2. The van der Waals surface area contributed by atoms with Crippen molar-refractivity contribution < 1.29 is 0 Å². The number of nitrogens with zero attached hydrogens (tertiary/aromatic N) is 5.